The molecule has 0 spiro atoms. The third kappa shape index (κ3) is 3.55. The van der Waals surface area contributed by atoms with E-state index in [9.17, 15) is 9.59 Å². The van der Waals surface area contributed by atoms with Crippen LogP contribution in [-0.2, 0) is 17.9 Å². The molecule has 7 nitrogen and oxygen atoms in total. The molecule has 178 valence electrons. The van der Waals surface area contributed by atoms with Gasteiger partial charge in [-0.3, -0.25) is 9.59 Å². The first-order chi connectivity index (χ1) is 16.5. The average molecular weight is 480 g/mol. The summed E-state index contributed by atoms with van der Waals surface area (Å²) < 4.78 is 14.1. The lowest BCUT2D eigenvalue weighted by atomic mass is 9.93. The number of amides is 2. The highest BCUT2D eigenvalue weighted by molar-refractivity contribution is 7.17. The quantitative estimate of drug-likeness (QED) is 0.552. The van der Waals surface area contributed by atoms with Crippen LogP contribution >= 0.6 is 11.3 Å². The van der Waals surface area contributed by atoms with Crippen LogP contribution < -0.4 is 14.8 Å². The predicted octanol–water partition coefficient (Wildman–Crippen LogP) is 4.69. The molecule has 1 atom stereocenters. The minimum atomic E-state index is -1.01. The fraction of sp³-hybridized carbons (Fsp3) is 0.462. The van der Waals surface area contributed by atoms with Gasteiger partial charge in [0.15, 0.2) is 11.5 Å². The van der Waals surface area contributed by atoms with Gasteiger partial charge in [0, 0.05) is 12.6 Å². The van der Waals surface area contributed by atoms with E-state index in [0.29, 0.717) is 30.3 Å². The molecule has 3 aliphatic rings. The van der Waals surface area contributed by atoms with Crippen molar-refractivity contribution in [3.63, 3.8) is 0 Å². The minimum Gasteiger partial charge on any atom is -0.454 e. The van der Waals surface area contributed by atoms with Crippen LogP contribution in [0.4, 0.5) is 0 Å². The van der Waals surface area contributed by atoms with Gasteiger partial charge >= 0.3 is 0 Å². The Morgan fingerprint density at radius 2 is 1.91 bits per heavy atom. The molecule has 2 amide bonds. The Kier molecular flexibility index (Phi) is 5.28. The maximum Gasteiger partial charge on any atom is 0.271 e. The highest BCUT2D eigenvalue weighted by Gasteiger charge is 2.48. The van der Waals surface area contributed by atoms with Crippen LogP contribution in [0, 0.1) is 0 Å². The van der Waals surface area contributed by atoms with Gasteiger partial charge in [-0.1, -0.05) is 31.7 Å². The van der Waals surface area contributed by atoms with Gasteiger partial charge in [-0.15, -0.1) is 11.3 Å². The normalized spacial score (nSPS) is 22.6. The van der Waals surface area contributed by atoms with Crippen molar-refractivity contribution < 1.29 is 19.1 Å². The fourth-order valence-corrected chi connectivity index (χ4v) is 6.33. The molecular weight excluding hydrogens is 450 g/mol. The first-order valence-electron chi connectivity index (χ1n) is 12.1. The highest BCUT2D eigenvalue weighted by Crippen LogP contribution is 2.37. The Morgan fingerprint density at radius 1 is 1.12 bits per heavy atom. The van der Waals surface area contributed by atoms with Crippen LogP contribution in [0.5, 0.6) is 11.5 Å². The number of aromatic nitrogens is 1. The van der Waals surface area contributed by atoms with Crippen LogP contribution in [0.15, 0.2) is 35.7 Å². The number of rotatable bonds is 4. The molecule has 1 aromatic carbocycles. The van der Waals surface area contributed by atoms with Crippen molar-refractivity contribution >= 4 is 33.4 Å². The van der Waals surface area contributed by atoms with Gasteiger partial charge in [-0.2, -0.15) is 0 Å². The van der Waals surface area contributed by atoms with Gasteiger partial charge in [0.05, 0.1) is 16.8 Å². The van der Waals surface area contributed by atoms with Crippen molar-refractivity contribution in [1.29, 1.82) is 0 Å². The standard InChI is InChI=1S/C26H29N3O4S/c1-26(25(31)27-18-6-4-2-3-5-7-18)15-28-19-10-11-34-23(19)13-20(28)24(30)29(26)14-17-8-9-21-22(12-17)33-16-32-21/h8-13,18H,2-7,14-16H2,1H3,(H,27,31)/t26-/m1/s1. The van der Waals surface area contributed by atoms with Crippen LogP contribution in [0.2, 0.25) is 0 Å². The van der Waals surface area contributed by atoms with E-state index in [2.05, 4.69) is 5.32 Å². The van der Waals surface area contributed by atoms with Crippen molar-refractivity contribution in [3.8, 4) is 11.5 Å². The Balaban J connectivity index is 1.36. The molecule has 34 heavy (non-hydrogen) atoms. The summed E-state index contributed by atoms with van der Waals surface area (Å²) in [5.41, 5.74) is 1.56. The van der Waals surface area contributed by atoms with Crippen molar-refractivity contribution in [2.75, 3.05) is 6.79 Å². The highest BCUT2D eigenvalue weighted by atomic mass is 32.1. The van der Waals surface area contributed by atoms with E-state index in [1.54, 1.807) is 16.2 Å². The number of benzene rings is 1. The van der Waals surface area contributed by atoms with Crippen LogP contribution in [-0.4, -0.2) is 39.7 Å². The second kappa shape index (κ2) is 8.34. The number of carbonyl (C=O) groups is 2. The molecule has 6 rings (SSSR count). The summed E-state index contributed by atoms with van der Waals surface area (Å²) in [6, 6.07) is 9.88. The second-order valence-electron chi connectivity index (χ2n) is 9.80. The molecule has 3 aromatic rings. The van der Waals surface area contributed by atoms with Crippen LogP contribution in [0.25, 0.3) is 10.2 Å². The van der Waals surface area contributed by atoms with E-state index >= 15 is 0 Å². The summed E-state index contributed by atoms with van der Waals surface area (Å²) in [6.07, 6.45) is 6.73. The van der Waals surface area contributed by atoms with E-state index in [-0.39, 0.29) is 24.6 Å². The number of nitrogens with zero attached hydrogens (tertiary/aromatic N) is 2. The van der Waals surface area contributed by atoms with Gasteiger partial charge in [0.1, 0.15) is 11.2 Å². The maximum absolute atomic E-state index is 13.9. The third-order valence-corrected chi connectivity index (χ3v) is 8.36. The smallest absolute Gasteiger partial charge is 0.271 e. The number of thiophene rings is 1. The summed E-state index contributed by atoms with van der Waals surface area (Å²) >= 11 is 1.62. The largest absolute Gasteiger partial charge is 0.454 e. The van der Waals surface area contributed by atoms with E-state index in [1.807, 2.05) is 47.2 Å². The lowest BCUT2D eigenvalue weighted by molar-refractivity contribution is -0.134. The van der Waals surface area contributed by atoms with Gasteiger partial charge in [-0.25, -0.2) is 0 Å². The summed E-state index contributed by atoms with van der Waals surface area (Å²) in [7, 11) is 0. The van der Waals surface area contributed by atoms with Crippen molar-refractivity contribution in [2.45, 2.75) is 70.1 Å². The predicted molar refractivity (Wildman–Crippen MR) is 130 cm³/mol. The molecule has 1 N–H and O–H groups in total. The number of ether oxygens (including phenoxy) is 2. The first kappa shape index (κ1) is 21.5. The average Bonchev–Trinajstić information content (AvgIpc) is 3.50. The second-order valence-corrected chi connectivity index (χ2v) is 10.7. The van der Waals surface area contributed by atoms with Gasteiger partial charge in [-0.05, 0) is 55.0 Å². The van der Waals surface area contributed by atoms with Crippen LogP contribution in [0.3, 0.4) is 0 Å². The lowest BCUT2D eigenvalue weighted by Crippen LogP contribution is -2.64. The van der Waals surface area contributed by atoms with E-state index in [4.69, 9.17) is 9.47 Å². The molecule has 0 radical (unpaired) electrons. The molecular formula is C26H29N3O4S. The van der Waals surface area contributed by atoms with Gasteiger partial charge in [0.25, 0.3) is 5.91 Å². The van der Waals surface area contributed by atoms with Gasteiger partial charge < -0.3 is 24.3 Å². The minimum absolute atomic E-state index is 0.0729. The topological polar surface area (TPSA) is 72.8 Å². The summed E-state index contributed by atoms with van der Waals surface area (Å²) in [5.74, 6) is 1.19. The number of hydrogen-bond donors (Lipinski definition) is 1. The van der Waals surface area contributed by atoms with E-state index in [1.165, 1.54) is 12.8 Å². The molecule has 4 heterocycles. The summed E-state index contributed by atoms with van der Waals surface area (Å²) in [6.45, 7) is 2.86. The molecule has 1 fully saturated rings. The number of hydrogen-bond acceptors (Lipinski definition) is 5. The first-order valence-corrected chi connectivity index (χ1v) is 13.0. The zero-order valence-electron chi connectivity index (χ0n) is 19.3. The molecule has 0 bridgehead atoms. The molecule has 8 heteroatoms. The van der Waals surface area contributed by atoms with Crippen molar-refractivity contribution in [1.82, 2.24) is 14.8 Å². The third-order valence-electron chi connectivity index (χ3n) is 7.51. The maximum atomic E-state index is 13.9. The molecule has 2 aromatic heterocycles. The summed E-state index contributed by atoms with van der Waals surface area (Å²) in [5, 5.41) is 5.36. The summed E-state index contributed by atoms with van der Waals surface area (Å²) in [4.78, 5) is 29.5. The zero-order valence-corrected chi connectivity index (χ0v) is 20.2. The Hall–Kier alpha value is -3.00. The Labute approximate surface area is 202 Å². The monoisotopic (exact) mass is 479 g/mol. The fourth-order valence-electron chi connectivity index (χ4n) is 5.51. The van der Waals surface area contributed by atoms with Crippen LogP contribution in [0.1, 0.15) is 61.5 Å². The molecule has 1 saturated carbocycles. The molecule has 1 aliphatic carbocycles. The molecule has 0 unspecified atom stereocenters. The molecule has 0 saturated heterocycles. The number of fused-ring (bicyclic) bond motifs is 4. The van der Waals surface area contributed by atoms with Gasteiger partial charge in [0.2, 0.25) is 12.7 Å². The molecule has 2 aliphatic heterocycles. The lowest BCUT2D eigenvalue weighted by Gasteiger charge is -2.44. The van der Waals surface area contributed by atoms with E-state index in [0.717, 1.165) is 41.5 Å². The Bertz CT molecular complexity index is 1260. The number of nitrogens with one attached hydrogen (secondary N) is 1. The zero-order chi connectivity index (χ0) is 23.3. The van der Waals surface area contributed by atoms with Crippen molar-refractivity contribution in [2.24, 2.45) is 0 Å². The van der Waals surface area contributed by atoms with E-state index < -0.39 is 5.54 Å². The SMILES string of the molecule is C[C@]1(C(=O)NC2CCCCCC2)Cn2c(cc3sccc32)C(=O)N1Cc1ccc2c(c1)OCO2. The van der Waals surface area contributed by atoms with Crippen molar-refractivity contribution in [3.05, 3.63) is 47.0 Å². The Morgan fingerprint density at radius 3 is 2.74 bits per heavy atom. The number of carbonyl (C=O) groups excluding carboxylic acids is 2.